The average Bonchev–Trinajstić information content (AvgIpc) is 3.00. The van der Waals surface area contributed by atoms with Crippen LogP contribution in [0, 0.1) is 0 Å². The summed E-state index contributed by atoms with van der Waals surface area (Å²) in [6.07, 6.45) is 4.13. The van der Waals surface area contributed by atoms with Gasteiger partial charge in [-0.2, -0.15) is 0 Å². The van der Waals surface area contributed by atoms with Gasteiger partial charge in [0.2, 0.25) is 10.0 Å². The molecule has 6 nitrogen and oxygen atoms in total. The van der Waals surface area contributed by atoms with Crippen molar-refractivity contribution in [1.82, 2.24) is 20.0 Å². The fourth-order valence-electron chi connectivity index (χ4n) is 2.15. The Kier molecular flexibility index (Phi) is 5.11. The van der Waals surface area contributed by atoms with E-state index in [1.54, 1.807) is 30.6 Å². The lowest BCUT2D eigenvalue weighted by Gasteiger charge is -2.15. The van der Waals surface area contributed by atoms with Crippen molar-refractivity contribution in [2.24, 2.45) is 0 Å². The van der Waals surface area contributed by atoms with Gasteiger partial charge in [0, 0.05) is 18.4 Å². The Morgan fingerprint density at radius 3 is 2.81 bits per heavy atom. The first-order chi connectivity index (χ1) is 10.1. The zero-order valence-corrected chi connectivity index (χ0v) is 12.9. The van der Waals surface area contributed by atoms with Crippen molar-refractivity contribution in [2.75, 3.05) is 7.05 Å². The Balaban J connectivity index is 2.17. The first-order valence-corrected chi connectivity index (χ1v) is 8.30. The Morgan fingerprint density at radius 2 is 2.19 bits per heavy atom. The van der Waals surface area contributed by atoms with Gasteiger partial charge >= 0.3 is 0 Å². The highest BCUT2D eigenvalue weighted by molar-refractivity contribution is 7.89. The van der Waals surface area contributed by atoms with Crippen LogP contribution in [0.15, 0.2) is 41.6 Å². The Morgan fingerprint density at radius 1 is 1.38 bits per heavy atom. The lowest BCUT2D eigenvalue weighted by molar-refractivity contribution is 0.570. The molecule has 0 radical (unpaired) electrons. The summed E-state index contributed by atoms with van der Waals surface area (Å²) >= 11 is 0. The van der Waals surface area contributed by atoms with Gasteiger partial charge in [0.1, 0.15) is 5.82 Å². The number of H-pyrrole nitrogens is 1. The molecule has 21 heavy (non-hydrogen) atoms. The van der Waals surface area contributed by atoms with Crippen LogP contribution < -0.4 is 10.0 Å². The number of aromatic amines is 1. The van der Waals surface area contributed by atoms with E-state index in [9.17, 15) is 8.42 Å². The lowest BCUT2D eigenvalue weighted by atomic mass is 10.1. The van der Waals surface area contributed by atoms with Crippen molar-refractivity contribution in [2.45, 2.75) is 30.8 Å². The second-order valence-electron chi connectivity index (χ2n) is 4.68. The molecule has 0 amide bonds. The standard InChI is InChI=1S/C14H20N4O2S/c1-3-13(15-2)11-5-4-6-12(9-11)21(19,20)18-10-14-16-7-8-17-14/h4-9,13,15,18H,3,10H2,1-2H3,(H,16,17). The van der Waals surface area contributed by atoms with E-state index in [0.29, 0.717) is 5.82 Å². The van der Waals surface area contributed by atoms with E-state index in [0.717, 1.165) is 12.0 Å². The fourth-order valence-corrected chi connectivity index (χ4v) is 3.19. The van der Waals surface area contributed by atoms with Gasteiger partial charge in [0.05, 0.1) is 11.4 Å². The van der Waals surface area contributed by atoms with Crippen molar-refractivity contribution in [3.8, 4) is 0 Å². The summed E-state index contributed by atoms with van der Waals surface area (Å²) in [6.45, 7) is 2.19. The molecule has 1 unspecified atom stereocenters. The Hall–Kier alpha value is -1.70. The van der Waals surface area contributed by atoms with E-state index in [1.807, 2.05) is 13.1 Å². The largest absolute Gasteiger partial charge is 0.347 e. The van der Waals surface area contributed by atoms with E-state index in [-0.39, 0.29) is 17.5 Å². The van der Waals surface area contributed by atoms with Crippen LogP contribution in [-0.4, -0.2) is 25.4 Å². The van der Waals surface area contributed by atoms with Gasteiger partial charge < -0.3 is 10.3 Å². The van der Waals surface area contributed by atoms with E-state index < -0.39 is 10.0 Å². The van der Waals surface area contributed by atoms with Crippen molar-refractivity contribution >= 4 is 10.0 Å². The second-order valence-corrected chi connectivity index (χ2v) is 6.45. The fraction of sp³-hybridized carbons (Fsp3) is 0.357. The average molecular weight is 308 g/mol. The smallest absolute Gasteiger partial charge is 0.240 e. The molecule has 1 atom stereocenters. The number of aromatic nitrogens is 2. The summed E-state index contributed by atoms with van der Waals surface area (Å²) in [5.41, 5.74) is 0.959. The first kappa shape index (κ1) is 15.7. The number of rotatable bonds is 7. The second kappa shape index (κ2) is 6.84. The molecule has 0 saturated carbocycles. The zero-order chi connectivity index (χ0) is 15.3. The van der Waals surface area contributed by atoms with Crippen LogP contribution in [0.4, 0.5) is 0 Å². The van der Waals surface area contributed by atoms with Gasteiger partial charge in [-0.05, 0) is 31.2 Å². The maximum atomic E-state index is 12.3. The predicted octanol–water partition coefficient (Wildman–Crippen LogP) is 1.56. The minimum absolute atomic E-state index is 0.142. The summed E-state index contributed by atoms with van der Waals surface area (Å²) in [5.74, 6) is 0.580. The summed E-state index contributed by atoms with van der Waals surface area (Å²) < 4.78 is 27.1. The van der Waals surface area contributed by atoms with Gasteiger partial charge in [-0.25, -0.2) is 18.1 Å². The zero-order valence-electron chi connectivity index (χ0n) is 12.1. The highest BCUT2D eigenvalue weighted by atomic mass is 32.2. The third-order valence-electron chi connectivity index (χ3n) is 3.31. The molecule has 0 aliphatic heterocycles. The number of sulfonamides is 1. The maximum absolute atomic E-state index is 12.3. The molecule has 114 valence electrons. The quantitative estimate of drug-likeness (QED) is 0.724. The van der Waals surface area contributed by atoms with Crippen LogP contribution in [0.5, 0.6) is 0 Å². The molecule has 1 heterocycles. The SMILES string of the molecule is CCC(NC)c1cccc(S(=O)(=O)NCc2ncc[nH]2)c1. The van der Waals surface area contributed by atoms with Crippen LogP contribution in [0.1, 0.15) is 30.8 Å². The minimum atomic E-state index is -3.55. The molecule has 0 aliphatic carbocycles. The number of hydrogen-bond acceptors (Lipinski definition) is 4. The minimum Gasteiger partial charge on any atom is -0.347 e. The van der Waals surface area contributed by atoms with Crippen LogP contribution >= 0.6 is 0 Å². The van der Waals surface area contributed by atoms with Crippen LogP contribution in [0.25, 0.3) is 0 Å². The molecule has 0 spiro atoms. The first-order valence-electron chi connectivity index (χ1n) is 6.82. The number of nitrogens with one attached hydrogen (secondary N) is 3. The lowest BCUT2D eigenvalue weighted by Crippen LogP contribution is -2.24. The predicted molar refractivity (Wildman–Crippen MR) is 81.1 cm³/mol. The molecule has 2 aromatic rings. The molecule has 0 bridgehead atoms. The molecule has 3 N–H and O–H groups in total. The molecule has 0 aliphatic rings. The number of hydrogen-bond donors (Lipinski definition) is 3. The Labute approximate surface area is 125 Å². The molecule has 0 fully saturated rings. The van der Waals surface area contributed by atoms with Crippen molar-refractivity contribution in [3.63, 3.8) is 0 Å². The number of imidazole rings is 1. The van der Waals surface area contributed by atoms with Gasteiger partial charge in [-0.1, -0.05) is 19.1 Å². The van der Waals surface area contributed by atoms with Crippen LogP contribution in [-0.2, 0) is 16.6 Å². The summed E-state index contributed by atoms with van der Waals surface area (Å²) in [4.78, 5) is 7.12. The van der Waals surface area contributed by atoms with E-state index in [4.69, 9.17) is 0 Å². The van der Waals surface area contributed by atoms with Gasteiger partial charge in [-0.3, -0.25) is 0 Å². The van der Waals surface area contributed by atoms with Gasteiger partial charge in [-0.15, -0.1) is 0 Å². The molecular weight excluding hydrogens is 288 g/mol. The molecule has 2 rings (SSSR count). The normalized spacial score (nSPS) is 13.2. The van der Waals surface area contributed by atoms with Crippen LogP contribution in [0.2, 0.25) is 0 Å². The molecule has 0 saturated heterocycles. The molecule has 1 aromatic heterocycles. The Bertz CT molecular complexity index is 664. The molecule has 1 aromatic carbocycles. The third kappa shape index (κ3) is 3.90. The topological polar surface area (TPSA) is 86.9 Å². The van der Waals surface area contributed by atoms with Gasteiger partial charge in [0.15, 0.2) is 0 Å². The summed E-state index contributed by atoms with van der Waals surface area (Å²) in [5, 5.41) is 3.17. The van der Waals surface area contributed by atoms with Crippen molar-refractivity contribution in [1.29, 1.82) is 0 Å². The monoisotopic (exact) mass is 308 g/mol. The highest BCUT2D eigenvalue weighted by Gasteiger charge is 2.16. The maximum Gasteiger partial charge on any atom is 0.240 e. The molecular formula is C14H20N4O2S. The molecule has 7 heteroatoms. The number of nitrogens with zero attached hydrogens (tertiary/aromatic N) is 1. The van der Waals surface area contributed by atoms with E-state index in [1.165, 1.54) is 0 Å². The third-order valence-corrected chi connectivity index (χ3v) is 4.71. The summed E-state index contributed by atoms with van der Waals surface area (Å²) in [6, 6.07) is 7.13. The van der Waals surface area contributed by atoms with Crippen molar-refractivity contribution in [3.05, 3.63) is 48.0 Å². The van der Waals surface area contributed by atoms with Crippen LogP contribution in [0.3, 0.4) is 0 Å². The summed E-state index contributed by atoms with van der Waals surface area (Å²) in [7, 11) is -1.68. The van der Waals surface area contributed by atoms with E-state index in [2.05, 4.69) is 26.9 Å². The van der Waals surface area contributed by atoms with Crippen molar-refractivity contribution < 1.29 is 8.42 Å². The van der Waals surface area contributed by atoms with Gasteiger partial charge in [0.25, 0.3) is 0 Å². The number of benzene rings is 1. The van der Waals surface area contributed by atoms with E-state index >= 15 is 0 Å². The highest BCUT2D eigenvalue weighted by Crippen LogP contribution is 2.19.